The second-order valence-corrected chi connectivity index (χ2v) is 5.82. The number of hydrogen-bond donors (Lipinski definition) is 1. The number of halogens is 2. The van der Waals surface area contributed by atoms with Crippen LogP contribution in [0.25, 0.3) is 0 Å². The van der Waals surface area contributed by atoms with E-state index in [1.54, 1.807) is 16.7 Å². The third-order valence-electron chi connectivity index (χ3n) is 3.19. The number of amides is 1. The van der Waals surface area contributed by atoms with Crippen LogP contribution in [0.5, 0.6) is 0 Å². The van der Waals surface area contributed by atoms with Crippen LogP contribution in [0.4, 0.5) is 8.78 Å². The summed E-state index contributed by atoms with van der Waals surface area (Å²) in [6.45, 7) is 2.73. The zero-order valence-corrected chi connectivity index (χ0v) is 11.6. The smallest absolute Gasteiger partial charge is 0.238 e. The standard InChI is InChI=1S/C13H16F2N2OS/c1-8(19-2)7-17-12(18)6-16-13(17)10-4-3-9(14)5-11(10)15/h3-5,8,13,16H,6-7H2,1-2H3. The maximum atomic E-state index is 13.8. The fraction of sp³-hybridized carbons (Fsp3) is 0.462. The van der Waals surface area contributed by atoms with Gasteiger partial charge >= 0.3 is 0 Å². The van der Waals surface area contributed by atoms with Gasteiger partial charge in [-0.2, -0.15) is 11.8 Å². The van der Waals surface area contributed by atoms with E-state index in [2.05, 4.69) is 5.32 Å². The van der Waals surface area contributed by atoms with Gasteiger partial charge in [0.1, 0.15) is 17.8 Å². The number of nitrogens with zero attached hydrogens (tertiary/aromatic N) is 1. The van der Waals surface area contributed by atoms with Gasteiger partial charge in [-0.3, -0.25) is 10.1 Å². The maximum Gasteiger partial charge on any atom is 0.238 e. The molecule has 1 fully saturated rings. The largest absolute Gasteiger partial charge is 0.321 e. The van der Waals surface area contributed by atoms with Gasteiger partial charge in [-0.25, -0.2) is 8.78 Å². The molecule has 19 heavy (non-hydrogen) atoms. The van der Waals surface area contributed by atoms with Gasteiger partial charge in [-0.05, 0) is 18.4 Å². The predicted octanol–water partition coefficient (Wildman–Crippen LogP) is 2.15. The Balaban J connectivity index is 2.24. The molecule has 0 saturated carbocycles. The van der Waals surface area contributed by atoms with Crippen LogP contribution in [0.3, 0.4) is 0 Å². The molecule has 2 atom stereocenters. The molecule has 1 aromatic rings. The molecule has 1 N–H and O–H groups in total. The average molecular weight is 286 g/mol. The lowest BCUT2D eigenvalue weighted by Gasteiger charge is -2.27. The molecular formula is C13H16F2N2OS. The summed E-state index contributed by atoms with van der Waals surface area (Å²) < 4.78 is 26.7. The summed E-state index contributed by atoms with van der Waals surface area (Å²) in [5.74, 6) is -1.31. The van der Waals surface area contributed by atoms with Gasteiger partial charge in [0.05, 0.1) is 6.54 Å². The van der Waals surface area contributed by atoms with Gasteiger partial charge in [0.15, 0.2) is 0 Å². The van der Waals surface area contributed by atoms with Crippen LogP contribution in [0.1, 0.15) is 18.7 Å². The number of carbonyl (C=O) groups is 1. The Bertz CT molecular complexity index is 484. The van der Waals surface area contributed by atoms with Crippen LogP contribution in [-0.2, 0) is 4.79 Å². The molecule has 3 nitrogen and oxygen atoms in total. The molecular weight excluding hydrogens is 270 g/mol. The van der Waals surface area contributed by atoms with Crippen LogP contribution >= 0.6 is 11.8 Å². The van der Waals surface area contributed by atoms with E-state index in [1.807, 2.05) is 13.2 Å². The minimum Gasteiger partial charge on any atom is -0.321 e. The highest BCUT2D eigenvalue weighted by Crippen LogP contribution is 2.26. The Morgan fingerprint density at radius 1 is 1.53 bits per heavy atom. The number of carbonyl (C=O) groups excluding carboxylic acids is 1. The van der Waals surface area contributed by atoms with Crippen molar-refractivity contribution in [2.45, 2.75) is 18.3 Å². The zero-order chi connectivity index (χ0) is 14.0. The number of nitrogens with one attached hydrogen (secondary N) is 1. The van der Waals surface area contributed by atoms with Gasteiger partial charge in [0, 0.05) is 23.4 Å². The number of hydrogen-bond acceptors (Lipinski definition) is 3. The minimum absolute atomic E-state index is 0.0605. The first-order chi connectivity index (χ1) is 9.02. The minimum atomic E-state index is -0.631. The first-order valence-corrected chi connectivity index (χ1v) is 7.32. The van der Waals surface area contributed by atoms with E-state index in [-0.39, 0.29) is 17.7 Å². The van der Waals surface area contributed by atoms with E-state index >= 15 is 0 Å². The summed E-state index contributed by atoms with van der Waals surface area (Å²) in [7, 11) is 0. The molecule has 0 aromatic heterocycles. The van der Waals surface area contributed by atoms with Crippen LogP contribution in [0, 0.1) is 11.6 Å². The molecule has 1 aliphatic rings. The van der Waals surface area contributed by atoms with Crippen molar-refractivity contribution in [2.24, 2.45) is 0 Å². The van der Waals surface area contributed by atoms with E-state index < -0.39 is 17.8 Å². The van der Waals surface area contributed by atoms with Crippen molar-refractivity contribution in [3.8, 4) is 0 Å². The van der Waals surface area contributed by atoms with Gasteiger partial charge < -0.3 is 4.90 Å². The van der Waals surface area contributed by atoms with E-state index in [0.717, 1.165) is 6.07 Å². The highest BCUT2D eigenvalue weighted by Gasteiger charge is 2.33. The molecule has 104 valence electrons. The van der Waals surface area contributed by atoms with Crippen LogP contribution in [0.15, 0.2) is 18.2 Å². The highest BCUT2D eigenvalue weighted by molar-refractivity contribution is 7.99. The SMILES string of the molecule is CSC(C)CN1C(=O)CNC1c1ccc(F)cc1F. The lowest BCUT2D eigenvalue weighted by atomic mass is 10.1. The Morgan fingerprint density at radius 3 is 2.89 bits per heavy atom. The van der Waals surface area contributed by atoms with E-state index in [9.17, 15) is 13.6 Å². The molecule has 1 amide bonds. The molecule has 2 unspecified atom stereocenters. The third-order valence-corrected chi connectivity index (χ3v) is 4.15. The van der Waals surface area contributed by atoms with Gasteiger partial charge in [-0.15, -0.1) is 0 Å². The average Bonchev–Trinajstić information content (AvgIpc) is 2.71. The number of benzene rings is 1. The molecule has 6 heteroatoms. The second kappa shape index (κ2) is 5.88. The van der Waals surface area contributed by atoms with Gasteiger partial charge in [-0.1, -0.05) is 6.92 Å². The molecule has 0 bridgehead atoms. The first kappa shape index (κ1) is 14.3. The maximum absolute atomic E-state index is 13.8. The lowest BCUT2D eigenvalue weighted by Crippen LogP contribution is -2.35. The molecule has 2 rings (SSSR count). The van der Waals surface area contributed by atoms with Crippen molar-refractivity contribution in [2.75, 3.05) is 19.3 Å². The van der Waals surface area contributed by atoms with E-state index in [1.165, 1.54) is 12.1 Å². The molecule has 1 aliphatic heterocycles. The zero-order valence-electron chi connectivity index (χ0n) is 10.8. The fourth-order valence-electron chi connectivity index (χ4n) is 2.10. The number of rotatable bonds is 4. The summed E-state index contributed by atoms with van der Waals surface area (Å²) in [4.78, 5) is 13.5. The van der Waals surface area contributed by atoms with Crippen molar-refractivity contribution in [3.63, 3.8) is 0 Å². The molecule has 1 aromatic carbocycles. The molecule has 0 radical (unpaired) electrons. The normalized spacial score (nSPS) is 20.9. The summed E-state index contributed by atoms with van der Waals surface area (Å²) >= 11 is 1.64. The topological polar surface area (TPSA) is 32.3 Å². The lowest BCUT2D eigenvalue weighted by molar-refractivity contribution is -0.128. The quantitative estimate of drug-likeness (QED) is 0.920. The third kappa shape index (κ3) is 3.06. The van der Waals surface area contributed by atoms with Crippen LogP contribution in [-0.4, -0.2) is 35.4 Å². The van der Waals surface area contributed by atoms with Gasteiger partial charge in [0.25, 0.3) is 0 Å². The van der Waals surface area contributed by atoms with Gasteiger partial charge in [0.2, 0.25) is 5.91 Å². The van der Waals surface area contributed by atoms with Crippen LogP contribution in [0.2, 0.25) is 0 Å². The van der Waals surface area contributed by atoms with Crippen molar-refractivity contribution < 1.29 is 13.6 Å². The second-order valence-electron chi connectivity index (χ2n) is 4.54. The monoisotopic (exact) mass is 286 g/mol. The summed E-state index contributed by atoms with van der Waals surface area (Å²) in [5, 5.41) is 3.23. The van der Waals surface area contributed by atoms with Crippen molar-refractivity contribution in [1.82, 2.24) is 10.2 Å². The van der Waals surface area contributed by atoms with Crippen molar-refractivity contribution in [1.29, 1.82) is 0 Å². The van der Waals surface area contributed by atoms with Crippen molar-refractivity contribution in [3.05, 3.63) is 35.4 Å². The first-order valence-electron chi connectivity index (χ1n) is 6.03. The highest BCUT2D eigenvalue weighted by atomic mass is 32.2. The Labute approximate surface area is 115 Å². The van der Waals surface area contributed by atoms with E-state index in [4.69, 9.17) is 0 Å². The summed E-state index contributed by atoms with van der Waals surface area (Å²) in [6, 6.07) is 3.44. The summed E-state index contributed by atoms with van der Waals surface area (Å²) in [6.07, 6.45) is 1.45. The Morgan fingerprint density at radius 2 is 2.26 bits per heavy atom. The Kier molecular flexibility index (Phi) is 4.42. The molecule has 0 spiro atoms. The summed E-state index contributed by atoms with van der Waals surface area (Å²) in [5.41, 5.74) is 0.306. The van der Waals surface area contributed by atoms with E-state index in [0.29, 0.717) is 12.1 Å². The number of thioether (sulfide) groups is 1. The molecule has 1 saturated heterocycles. The predicted molar refractivity (Wildman–Crippen MR) is 71.8 cm³/mol. The molecule has 1 heterocycles. The fourth-order valence-corrected chi connectivity index (χ4v) is 2.41. The van der Waals surface area contributed by atoms with Crippen LogP contribution < -0.4 is 5.32 Å². The van der Waals surface area contributed by atoms with Crippen molar-refractivity contribution >= 4 is 17.7 Å². The molecule has 0 aliphatic carbocycles. The Hall–Kier alpha value is -1.14.